The van der Waals surface area contributed by atoms with E-state index < -0.39 is 0 Å². The van der Waals surface area contributed by atoms with Crippen molar-refractivity contribution in [3.05, 3.63) is 85.5 Å². The number of benzene rings is 1. The second-order valence-electron chi connectivity index (χ2n) is 6.95. The molecule has 1 N–H and O–H groups in total. The van der Waals surface area contributed by atoms with E-state index in [4.69, 9.17) is 9.72 Å². The molecule has 0 atom stereocenters. The van der Waals surface area contributed by atoms with Crippen molar-refractivity contribution in [2.75, 3.05) is 12.4 Å². The van der Waals surface area contributed by atoms with Crippen molar-refractivity contribution < 1.29 is 4.74 Å². The Bertz CT molecular complexity index is 1320. The SMILES string of the molecule is COc1cc(Nc2cccn3cc(-c4cccnc4)nc23)ccc1-n1cnc(C)c1. The third-order valence-corrected chi connectivity index (χ3v) is 4.89. The lowest BCUT2D eigenvalue weighted by Crippen LogP contribution is -1.99. The molecule has 0 unspecified atom stereocenters. The molecule has 7 heteroatoms. The fourth-order valence-electron chi connectivity index (χ4n) is 3.44. The summed E-state index contributed by atoms with van der Waals surface area (Å²) in [6, 6.07) is 13.9. The van der Waals surface area contributed by atoms with Crippen LogP contribution in [-0.4, -0.2) is 31.0 Å². The first-order chi connectivity index (χ1) is 14.7. The van der Waals surface area contributed by atoms with E-state index in [1.807, 2.05) is 83.1 Å². The van der Waals surface area contributed by atoms with Gasteiger partial charge < -0.3 is 19.0 Å². The number of hydrogen-bond acceptors (Lipinski definition) is 5. The molecular weight excluding hydrogens is 376 g/mol. The molecule has 0 saturated carbocycles. The van der Waals surface area contributed by atoms with Crippen molar-refractivity contribution >= 4 is 17.0 Å². The van der Waals surface area contributed by atoms with Gasteiger partial charge in [0.2, 0.25) is 0 Å². The number of nitrogens with zero attached hydrogens (tertiary/aromatic N) is 5. The van der Waals surface area contributed by atoms with Crippen molar-refractivity contribution in [1.29, 1.82) is 0 Å². The molecule has 0 saturated heterocycles. The fourth-order valence-corrected chi connectivity index (χ4v) is 3.44. The van der Waals surface area contributed by atoms with Gasteiger partial charge >= 0.3 is 0 Å². The van der Waals surface area contributed by atoms with Crippen LogP contribution in [0.3, 0.4) is 0 Å². The number of ether oxygens (including phenoxy) is 1. The van der Waals surface area contributed by atoms with Crippen LogP contribution >= 0.6 is 0 Å². The quantitative estimate of drug-likeness (QED) is 0.469. The van der Waals surface area contributed by atoms with Gasteiger partial charge in [-0.2, -0.15) is 0 Å². The molecule has 0 amide bonds. The highest BCUT2D eigenvalue weighted by molar-refractivity contribution is 5.77. The lowest BCUT2D eigenvalue weighted by Gasteiger charge is -2.13. The standard InChI is InChI=1S/C23H20N6O/c1-16-13-29(15-25-16)21-8-7-18(11-22(21)30-2)26-19-6-4-10-28-14-20(27-23(19)28)17-5-3-9-24-12-17/h3-15,26H,1-2H3. The minimum atomic E-state index is 0.753. The first kappa shape index (κ1) is 17.9. The molecular formula is C23H20N6O. The number of hydrogen-bond donors (Lipinski definition) is 1. The molecule has 5 rings (SSSR count). The predicted octanol–water partition coefficient (Wildman–Crippen LogP) is 4.64. The average Bonchev–Trinajstić information content (AvgIpc) is 3.41. The summed E-state index contributed by atoms with van der Waals surface area (Å²) in [6.45, 7) is 1.96. The van der Waals surface area contributed by atoms with Crippen LogP contribution in [0.15, 0.2) is 79.8 Å². The minimum absolute atomic E-state index is 0.753. The fraction of sp³-hybridized carbons (Fsp3) is 0.0870. The zero-order chi connectivity index (χ0) is 20.5. The second-order valence-corrected chi connectivity index (χ2v) is 6.95. The number of anilines is 2. The van der Waals surface area contributed by atoms with E-state index in [1.54, 1.807) is 19.6 Å². The lowest BCUT2D eigenvalue weighted by molar-refractivity contribution is 0.413. The zero-order valence-electron chi connectivity index (χ0n) is 16.6. The van der Waals surface area contributed by atoms with E-state index in [0.29, 0.717) is 0 Å². The van der Waals surface area contributed by atoms with E-state index in [0.717, 1.165) is 45.4 Å². The van der Waals surface area contributed by atoms with Crippen LogP contribution in [0.25, 0.3) is 22.6 Å². The number of aryl methyl sites for hydroxylation is 1. The average molecular weight is 396 g/mol. The Morgan fingerprint density at radius 1 is 1.07 bits per heavy atom. The number of rotatable bonds is 5. The molecule has 1 aromatic carbocycles. The zero-order valence-corrected chi connectivity index (χ0v) is 16.6. The lowest BCUT2D eigenvalue weighted by atomic mass is 10.2. The Hall–Kier alpha value is -4.13. The number of nitrogens with one attached hydrogen (secondary N) is 1. The Kier molecular flexibility index (Phi) is 4.40. The molecule has 0 aliphatic rings. The first-order valence-corrected chi connectivity index (χ1v) is 9.55. The van der Waals surface area contributed by atoms with Gasteiger partial charge in [0.05, 0.1) is 36.2 Å². The van der Waals surface area contributed by atoms with Crippen LogP contribution in [0.4, 0.5) is 11.4 Å². The Balaban J connectivity index is 1.50. The molecule has 148 valence electrons. The van der Waals surface area contributed by atoms with Crippen LogP contribution in [0.1, 0.15) is 5.69 Å². The van der Waals surface area contributed by atoms with Gasteiger partial charge in [-0.25, -0.2) is 9.97 Å². The van der Waals surface area contributed by atoms with Gasteiger partial charge in [0.15, 0.2) is 5.65 Å². The Morgan fingerprint density at radius 2 is 2.00 bits per heavy atom. The topological polar surface area (TPSA) is 69.3 Å². The molecule has 0 fully saturated rings. The normalized spacial score (nSPS) is 11.0. The summed E-state index contributed by atoms with van der Waals surface area (Å²) in [4.78, 5) is 13.3. The van der Waals surface area contributed by atoms with Crippen molar-refractivity contribution in [3.8, 4) is 22.7 Å². The van der Waals surface area contributed by atoms with Crippen molar-refractivity contribution in [2.45, 2.75) is 6.92 Å². The summed E-state index contributed by atoms with van der Waals surface area (Å²) in [5, 5.41) is 3.47. The maximum atomic E-state index is 5.62. The minimum Gasteiger partial charge on any atom is -0.494 e. The van der Waals surface area contributed by atoms with Gasteiger partial charge in [-0.15, -0.1) is 0 Å². The van der Waals surface area contributed by atoms with Crippen LogP contribution < -0.4 is 10.1 Å². The smallest absolute Gasteiger partial charge is 0.161 e. The van der Waals surface area contributed by atoms with Crippen LogP contribution in [-0.2, 0) is 0 Å². The van der Waals surface area contributed by atoms with Gasteiger partial charge in [0.1, 0.15) is 5.75 Å². The predicted molar refractivity (Wildman–Crippen MR) is 117 cm³/mol. The van der Waals surface area contributed by atoms with Crippen LogP contribution in [0, 0.1) is 6.92 Å². The van der Waals surface area contributed by atoms with Gasteiger partial charge in [-0.3, -0.25) is 4.98 Å². The van der Waals surface area contributed by atoms with Crippen molar-refractivity contribution in [2.24, 2.45) is 0 Å². The third kappa shape index (κ3) is 3.26. The molecule has 4 heterocycles. The number of imidazole rings is 2. The Morgan fingerprint density at radius 3 is 2.77 bits per heavy atom. The van der Waals surface area contributed by atoms with E-state index >= 15 is 0 Å². The molecule has 0 bridgehead atoms. The molecule has 0 aliphatic carbocycles. The summed E-state index contributed by atoms with van der Waals surface area (Å²) in [7, 11) is 1.67. The molecule has 4 aromatic heterocycles. The van der Waals surface area contributed by atoms with Gasteiger partial charge in [0.25, 0.3) is 0 Å². The molecule has 0 spiro atoms. The van der Waals surface area contributed by atoms with Crippen LogP contribution in [0.2, 0.25) is 0 Å². The highest BCUT2D eigenvalue weighted by atomic mass is 16.5. The van der Waals surface area contributed by atoms with E-state index in [1.165, 1.54) is 0 Å². The monoisotopic (exact) mass is 396 g/mol. The number of fused-ring (bicyclic) bond motifs is 1. The molecule has 0 aliphatic heterocycles. The van der Waals surface area contributed by atoms with Crippen molar-refractivity contribution in [3.63, 3.8) is 0 Å². The maximum Gasteiger partial charge on any atom is 0.161 e. The van der Waals surface area contributed by atoms with E-state index in [2.05, 4.69) is 15.3 Å². The number of methoxy groups -OCH3 is 1. The molecule has 30 heavy (non-hydrogen) atoms. The number of pyridine rings is 2. The largest absolute Gasteiger partial charge is 0.494 e. The summed E-state index contributed by atoms with van der Waals surface area (Å²) in [6.07, 6.45) is 11.3. The summed E-state index contributed by atoms with van der Waals surface area (Å²) < 4.78 is 9.58. The summed E-state index contributed by atoms with van der Waals surface area (Å²) >= 11 is 0. The first-order valence-electron chi connectivity index (χ1n) is 9.55. The maximum absolute atomic E-state index is 5.62. The Labute approximate surface area is 173 Å². The third-order valence-electron chi connectivity index (χ3n) is 4.89. The van der Waals surface area contributed by atoms with Gasteiger partial charge in [-0.1, -0.05) is 0 Å². The van der Waals surface area contributed by atoms with Crippen LogP contribution in [0.5, 0.6) is 5.75 Å². The van der Waals surface area contributed by atoms with Gasteiger partial charge in [0, 0.05) is 48.3 Å². The second kappa shape index (κ2) is 7.36. The summed E-state index contributed by atoms with van der Waals surface area (Å²) in [5.74, 6) is 0.753. The summed E-state index contributed by atoms with van der Waals surface area (Å²) in [5.41, 5.74) is 6.39. The molecule has 5 aromatic rings. The van der Waals surface area contributed by atoms with Gasteiger partial charge in [-0.05, 0) is 43.3 Å². The van der Waals surface area contributed by atoms with E-state index in [9.17, 15) is 0 Å². The number of aromatic nitrogens is 5. The molecule has 7 nitrogen and oxygen atoms in total. The van der Waals surface area contributed by atoms with Crippen molar-refractivity contribution in [1.82, 2.24) is 23.9 Å². The molecule has 0 radical (unpaired) electrons. The highest BCUT2D eigenvalue weighted by Gasteiger charge is 2.11. The highest BCUT2D eigenvalue weighted by Crippen LogP contribution is 2.30. The van der Waals surface area contributed by atoms with E-state index in [-0.39, 0.29) is 0 Å².